The summed E-state index contributed by atoms with van der Waals surface area (Å²) in [6, 6.07) is 26.9. The van der Waals surface area contributed by atoms with Gasteiger partial charge in [0.15, 0.2) is 11.6 Å². The van der Waals surface area contributed by atoms with Gasteiger partial charge in [0.2, 0.25) is 11.8 Å². The Morgan fingerprint density at radius 3 is 2.27 bits per heavy atom. The molecule has 8 rings (SSSR count). The van der Waals surface area contributed by atoms with Gasteiger partial charge in [-0.2, -0.15) is 5.01 Å². The second-order valence-electron chi connectivity index (χ2n) is 14.0. The van der Waals surface area contributed by atoms with E-state index < -0.39 is 58.4 Å². The fourth-order valence-electron chi connectivity index (χ4n) is 9.01. The summed E-state index contributed by atoms with van der Waals surface area (Å²) in [7, 11) is 0. The largest absolute Gasteiger partial charge is 0.508 e. The summed E-state index contributed by atoms with van der Waals surface area (Å²) in [6.07, 6.45) is 2.70. The molecule has 2 heterocycles. The fraction of sp³-hybridized carbons (Fsp3) is 0.268. The minimum atomic E-state index is -1.53. The summed E-state index contributed by atoms with van der Waals surface area (Å²) in [6.45, 7) is 2.09. The number of fused-ring (bicyclic) bond motifs is 4. The fourth-order valence-corrected chi connectivity index (χ4v) is 9.01. The Balaban J connectivity index is 1.25. The van der Waals surface area contributed by atoms with Crippen molar-refractivity contribution in [1.29, 1.82) is 0 Å². The molecule has 3 fully saturated rings. The first-order valence-corrected chi connectivity index (χ1v) is 17.2. The number of carbonyl (C=O) groups excluding carboxylic acids is 4. The number of phenolic OH excluding ortho intramolecular Hbond substituents is 2. The van der Waals surface area contributed by atoms with Crippen LogP contribution in [0.4, 0.5) is 10.1 Å². The van der Waals surface area contributed by atoms with Crippen molar-refractivity contribution in [3.8, 4) is 11.5 Å². The molecular formula is C41H36FN3O6. The summed E-state index contributed by atoms with van der Waals surface area (Å²) in [5.41, 5.74) is 5.59. The van der Waals surface area contributed by atoms with Gasteiger partial charge in [0.1, 0.15) is 5.75 Å². The summed E-state index contributed by atoms with van der Waals surface area (Å²) in [5, 5.41) is 20.9. The minimum absolute atomic E-state index is 0.121. The molecule has 2 saturated heterocycles. The number of nitrogens with one attached hydrogen (secondary N) is 1. The Morgan fingerprint density at radius 2 is 1.57 bits per heavy atom. The number of phenols is 2. The predicted octanol–water partition coefficient (Wildman–Crippen LogP) is 5.77. The molecule has 4 aliphatic rings. The number of rotatable bonds is 7. The number of carbonyl (C=O) groups is 4. The molecule has 258 valence electrons. The molecule has 6 unspecified atom stereocenters. The summed E-state index contributed by atoms with van der Waals surface area (Å²) in [5.74, 6) is -6.74. The van der Waals surface area contributed by atoms with Crippen LogP contribution in [0.25, 0.3) is 0 Å². The Morgan fingerprint density at radius 1 is 0.843 bits per heavy atom. The van der Waals surface area contributed by atoms with Crippen LogP contribution in [0.3, 0.4) is 0 Å². The maximum absolute atomic E-state index is 15.3. The molecule has 0 spiro atoms. The van der Waals surface area contributed by atoms with Crippen LogP contribution in [-0.4, -0.2) is 50.3 Å². The first-order chi connectivity index (χ1) is 24.6. The minimum Gasteiger partial charge on any atom is -0.508 e. The van der Waals surface area contributed by atoms with E-state index in [1.165, 1.54) is 17.0 Å². The van der Waals surface area contributed by atoms with E-state index in [1.54, 1.807) is 66.7 Å². The number of anilines is 1. The Hall–Kier alpha value is -5.77. The maximum Gasteiger partial charge on any atom is 0.260 e. The van der Waals surface area contributed by atoms with E-state index in [-0.39, 0.29) is 37.0 Å². The average Bonchev–Trinajstić information content (AvgIpc) is 3.51. The summed E-state index contributed by atoms with van der Waals surface area (Å²) >= 11 is 0. The normalized spacial score (nSPS) is 26.9. The second kappa shape index (κ2) is 12.2. The van der Waals surface area contributed by atoms with Crippen molar-refractivity contribution in [2.24, 2.45) is 23.7 Å². The van der Waals surface area contributed by atoms with E-state index in [0.29, 0.717) is 28.8 Å². The van der Waals surface area contributed by atoms with E-state index in [9.17, 15) is 24.6 Å². The van der Waals surface area contributed by atoms with Gasteiger partial charge < -0.3 is 10.2 Å². The number of hydrogen-bond acceptors (Lipinski definition) is 7. The molecule has 9 nitrogen and oxygen atoms in total. The number of aromatic hydroxyl groups is 2. The first-order valence-electron chi connectivity index (χ1n) is 17.2. The lowest BCUT2D eigenvalue weighted by molar-refractivity contribution is -0.141. The van der Waals surface area contributed by atoms with E-state index in [0.717, 1.165) is 16.1 Å². The lowest BCUT2D eigenvalue weighted by Crippen LogP contribution is -2.53. The molecule has 51 heavy (non-hydrogen) atoms. The molecule has 1 saturated carbocycles. The summed E-state index contributed by atoms with van der Waals surface area (Å²) in [4.78, 5) is 59.3. The van der Waals surface area contributed by atoms with Crippen LogP contribution in [0.15, 0.2) is 109 Å². The molecule has 2 aliphatic carbocycles. The molecule has 10 heteroatoms. The molecule has 6 atom stereocenters. The third-order valence-corrected chi connectivity index (χ3v) is 11.3. The number of benzene rings is 4. The topological polar surface area (TPSA) is 127 Å². The number of nitrogens with zero attached hydrogens (tertiary/aromatic N) is 2. The second-order valence-corrected chi connectivity index (χ2v) is 14.0. The lowest BCUT2D eigenvalue weighted by Gasteiger charge is -2.50. The first kappa shape index (κ1) is 32.4. The Labute approximate surface area is 294 Å². The molecule has 4 aromatic carbocycles. The van der Waals surface area contributed by atoms with Crippen molar-refractivity contribution in [2.45, 2.75) is 37.5 Å². The highest BCUT2D eigenvalue weighted by Crippen LogP contribution is 2.64. The molecular weight excluding hydrogens is 649 g/mol. The Bertz CT molecular complexity index is 2100. The van der Waals surface area contributed by atoms with Crippen molar-refractivity contribution >= 4 is 29.3 Å². The van der Waals surface area contributed by atoms with Crippen LogP contribution in [0.1, 0.15) is 41.0 Å². The van der Waals surface area contributed by atoms with E-state index >= 15 is 9.18 Å². The molecule has 3 N–H and O–H groups in total. The van der Waals surface area contributed by atoms with Gasteiger partial charge in [0.25, 0.3) is 11.8 Å². The van der Waals surface area contributed by atoms with Gasteiger partial charge >= 0.3 is 0 Å². The van der Waals surface area contributed by atoms with Crippen LogP contribution >= 0.6 is 0 Å². The van der Waals surface area contributed by atoms with Crippen LogP contribution in [0.2, 0.25) is 0 Å². The lowest BCUT2D eigenvalue weighted by atomic mass is 9.49. The maximum atomic E-state index is 15.3. The van der Waals surface area contributed by atoms with Gasteiger partial charge in [-0.05, 0) is 85.2 Å². The smallest absolute Gasteiger partial charge is 0.260 e. The number of hydrazine groups is 1. The van der Waals surface area contributed by atoms with E-state index in [1.807, 2.05) is 31.2 Å². The SMILES string of the molecule is Cc1ccc(NN2C(=O)C3CC4C(=CCC5C(=O)N(CCc6ccc(O)cc6)C(=O)C54)C(c4ccc(O)c(F)c4)C3(c3ccccc3)C2=O)cc1. The molecule has 2 aliphatic heterocycles. The number of amides is 4. The van der Waals surface area contributed by atoms with Gasteiger partial charge in [0, 0.05) is 12.5 Å². The number of likely N-dealkylation sites (tertiary alicyclic amines) is 1. The summed E-state index contributed by atoms with van der Waals surface area (Å²) < 4.78 is 15.3. The van der Waals surface area contributed by atoms with Gasteiger partial charge in [-0.1, -0.05) is 77.9 Å². The molecule has 0 aromatic heterocycles. The number of aryl methyl sites for hydroxylation is 1. The highest BCUT2D eigenvalue weighted by molar-refractivity contribution is 6.13. The predicted molar refractivity (Wildman–Crippen MR) is 185 cm³/mol. The van der Waals surface area contributed by atoms with E-state index in [2.05, 4.69) is 5.43 Å². The monoisotopic (exact) mass is 685 g/mol. The van der Waals surface area contributed by atoms with Crippen LogP contribution in [0.5, 0.6) is 11.5 Å². The standard InChI is InChI=1S/C41H36FN3O6/c1-23-7-12-27(13-8-23)43-45-38(49)32-22-31-29(16-17-30-35(31)39(50)44(37(30)48)20-19-24-9-14-28(46)15-10-24)36(25-11-18-34(47)33(42)21-25)41(32,40(45)51)26-5-3-2-4-6-26/h2-16,18,21,30-32,35-36,43,46-47H,17,19-20,22H2,1H3. The highest BCUT2D eigenvalue weighted by Gasteiger charge is 2.70. The van der Waals surface area contributed by atoms with Gasteiger partial charge in [-0.3, -0.25) is 29.5 Å². The molecule has 0 bridgehead atoms. The van der Waals surface area contributed by atoms with Crippen molar-refractivity contribution in [2.75, 3.05) is 12.0 Å². The zero-order valence-electron chi connectivity index (χ0n) is 27.8. The number of allylic oxidation sites excluding steroid dienone is 2. The van der Waals surface area contributed by atoms with Gasteiger partial charge in [-0.15, -0.1) is 0 Å². The van der Waals surface area contributed by atoms with Crippen LogP contribution in [0, 0.1) is 36.4 Å². The number of hydrogen-bond donors (Lipinski definition) is 3. The quantitative estimate of drug-likeness (QED) is 0.167. The molecule has 0 radical (unpaired) electrons. The van der Waals surface area contributed by atoms with Crippen LogP contribution in [-0.2, 0) is 31.0 Å². The number of imide groups is 2. The Kier molecular flexibility index (Phi) is 7.77. The highest BCUT2D eigenvalue weighted by atomic mass is 19.1. The van der Waals surface area contributed by atoms with Crippen molar-refractivity contribution in [1.82, 2.24) is 9.91 Å². The third kappa shape index (κ3) is 5.03. The van der Waals surface area contributed by atoms with Crippen molar-refractivity contribution in [3.05, 3.63) is 137 Å². The zero-order valence-corrected chi connectivity index (χ0v) is 27.8. The van der Waals surface area contributed by atoms with E-state index in [4.69, 9.17) is 0 Å². The molecule has 4 aromatic rings. The zero-order chi connectivity index (χ0) is 35.6. The van der Waals surface area contributed by atoms with Crippen LogP contribution < -0.4 is 5.43 Å². The van der Waals surface area contributed by atoms with Crippen molar-refractivity contribution < 1.29 is 33.8 Å². The third-order valence-electron chi connectivity index (χ3n) is 11.3. The average molecular weight is 686 g/mol. The number of halogens is 1. The van der Waals surface area contributed by atoms with Gasteiger partial charge in [0.05, 0.1) is 28.9 Å². The van der Waals surface area contributed by atoms with Gasteiger partial charge in [-0.25, -0.2) is 4.39 Å². The van der Waals surface area contributed by atoms with Crippen molar-refractivity contribution in [3.63, 3.8) is 0 Å². The molecule has 4 amide bonds.